The van der Waals surface area contributed by atoms with Crippen LogP contribution in [0, 0.1) is 13.8 Å². The molecule has 3 N–H and O–H groups in total. The molecule has 0 saturated heterocycles. The zero-order valence-electron chi connectivity index (χ0n) is 12.5. The van der Waals surface area contributed by atoms with Gasteiger partial charge in [-0.2, -0.15) is 5.10 Å². The monoisotopic (exact) mass is 316 g/mol. The van der Waals surface area contributed by atoms with Crippen LogP contribution in [0.2, 0.25) is 5.02 Å². The zero-order valence-corrected chi connectivity index (χ0v) is 13.2. The number of aliphatic hydroxyl groups excluding tert-OH is 1. The van der Waals surface area contributed by atoms with Crippen molar-refractivity contribution >= 4 is 17.2 Å². The molecule has 0 atom stereocenters. The summed E-state index contributed by atoms with van der Waals surface area (Å²) in [5.41, 5.74) is 11.7. The summed E-state index contributed by atoms with van der Waals surface area (Å²) < 4.78 is 1.71. The highest BCUT2D eigenvalue weighted by molar-refractivity contribution is 6.33. The maximum Gasteiger partial charge on any atom is 0.161 e. The Kier molecular flexibility index (Phi) is 3.87. The largest absolute Gasteiger partial charge is 0.391 e. The SMILES string of the molecule is Cc1ccc(-c2c(CN)c(C)nc3c(CO)cnn23)c(Cl)c1. The van der Waals surface area contributed by atoms with Crippen molar-refractivity contribution in [2.75, 3.05) is 0 Å². The molecule has 0 unspecified atom stereocenters. The summed E-state index contributed by atoms with van der Waals surface area (Å²) in [5, 5.41) is 14.5. The molecule has 0 saturated carbocycles. The molecule has 2 heterocycles. The molecule has 0 spiro atoms. The predicted molar refractivity (Wildman–Crippen MR) is 86.7 cm³/mol. The average molecular weight is 317 g/mol. The highest BCUT2D eigenvalue weighted by Gasteiger charge is 2.18. The van der Waals surface area contributed by atoms with E-state index in [2.05, 4.69) is 10.1 Å². The Labute approximate surface area is 133 Å². The average Bonchev–Trinajstić information content (AvgIpc) is 2.88. The number of halogens is 1. The topological polar surface area (TPSA) is 76.4 Å². The van der Waals surface area contributed by atoms with Crippen molar-refractivity contribution in [3.63, 3.8) is 0 Å². The van der Waals surface area contributed by atoms with Crippen LogP contribution < -0.4 is 5.73 Å². The van der Waals surface area contributed by atoms with E-state index in [-0.39, 0.29) is 6.61 Å². The van der Waals surface area contributed by atoms with Crippen molar-refractivity contribution in [2.24, 2.45) is 5.73 Å². The maximum atomic E-state index is 9.45. The van der Waals surface area contributed by atoms with Crippen molar-refractivity contribution < 1.29 is 5.11 Å². The number of aryl methyl sites for hydroxylation is 2. The fraction of sp³-hybridized carbons (Fsp3) is 0.250. The molecule has 0 fully saturated rings. The summed E-state index contributed by atoms with van der Waals surface area (Å²) in [6.07, 6.45) is 1.62. The van der Waals surface area contributed by atoms with Crippen LogP contribution in [-0.2, 0) is 13.2 Å². The quantitative estimate of drug-likeness (QED) is 0.778. The van der Waals surface area contributed by atoms with Crippen LogP contribution in [-0.4, -0.2) is 19.7 Å². The molecular weight excluding hydrogens is 300 g/mol. The molecule has 0 aliphatic rings. The molecule has 0 radical (unpaired) electrons. The molecule has 0 amide bonds. The lowest BCUT2D eigenvalue weighted by Gasteiger charge is -2.15. The van der Waals surface area contributed by atoms with Gasteiger partial charge in [0.2, 0.25) is 0 Å². The third-order valence-electron chi connectivity index (χ3n) is 3.78. The molecule has 5 nitrogen and oxygen atoms in total. The molecule has 2 aromatic heterocycles. The molecule has 22 heavy (non-hydrogen) atoms. The van der Waals surface area contributed by atoms with Gasteiger partial charge in [-0.15, -0.1) is 0 Å². The number of nitrogens with zero attached hydrogens (tertiary/aromatic N) is 3. The first-order valence-corrected chi connectivity index (χ1v) is 7.38. The third kappa shape index (κ3) is 2.27. The van der Waals surface area contributed by atoms with Gasteiger partial charge in [0.05, 0.1) is 23.5 Å². The predicted octanol–water partition coefficient (Wildman–Crippen LogP) is 2.62. The van der Waals surface area contributed by atoms with E-state index in [1.807, 2.05) is 32.0 Å². The molecule has 1 aromatic carbocycles. The number of benzene rings is 1. The zero-order chi connectivity index (χ0) is 15.9. The molecule has 114 valence electrons. The van der Waals surface area contributed by atoms with Crippen molar-refractivity contribution in [1.29, 1.82) is 0 Å². The van der Waals surface area contributed by atoms with Gasteiger partial charge in [-0.25, -0.2) is 9.50 Å². The summed E-state index contributed by atoms with van der Waals surface area (Å²) in [5.74, 6) is 0. The fourth-order valence-corrected chi connectivity index (χ4v) is 2.95. The van der Waals surface area contributed by atoms with Gasteiger partial charge in [0.15, 0.2) is 5.65 Å². The third-order valence-corrected chi connectivity index (χ3v) is 4.09. The van der Waals surface area contributed by atoms with Crippen molar-refractivity contribution in [1.82, 2.24) is 14.6 Å². The van der Waals surface area contributed by atoms with E-state index in [1.165, 1.54) is 0 Å². The van der Waals surface area contributed by atoms with Crippen LogP contribution in [0.15, 0.2) is 24.4 Å². The van der Waals surface area contributed by atoms with Crippen molar-refractivity contribution in [3.05, 3.63) is 51.8 Å². The van der Waals surface area contributed by atoms with Crippen molar-refractivity contribution in [2.45, 2.75) is 27.0 Å². The normalized spacial score (nSPS) is 11.3. The van der Waals surface area contributed by atoms with Gasteiger partial charge in [-0.3, -0.25) is 0 Å². The van der Waals surface area contributed by atoms with E-state index < -0.39 is 0 Å². The smallest absolute Gasteiger partial charge is 0.161 e. The molecule has 6 heteroatoms. The van der Waals surface area contributed by atoms with Gasteiger partial charge in [-0.05, 0) is 25.5 Å². The molecule has 0 bridgehead atoms. The van der Waals surface area contributed by atoms with Crippen molar-refractivity contribution in [3.8, 4) is 11.3 Å². The van der Waals surface area contributed by atoms with Crippen LogP contribution in [0.1, 0.15) is 22.4 Å². The van der Waals surface area contributed by atoms with Gasteiger partial charge < -0.3 is 10.8 Å². The van der Waals surface area contributed by atoms with Gasteiger partial charge in [0.1, 0.15) is 0 Å². The minimum absolute atomic E-state index is 0.112. The first-order valence-electron chi connectivity index (χ1n) is 7.00. The highest BCUT2D eigenvalue weighted by atomic mass is 35.5. The summed E-state index contributed by atoms with van der Waals surface area (Å²) >= 11 is 6.43. The Morgan fingerprint density at radius 1 is 1.32 bits per heavy atom. The summed E-state index contributed by atoms with van der Waals surface area (Å²) in [7, 11) is 0. The Bertz CT molecular complexity index is 857. The summed E-state index contributed by atoms with van der Waals surface area (Å²) in [6, 6.07) is 5.88. The summed E-state index contributed by atoms with van der Waals surface area (Å²) in [4.78, 5) is 4.53. The number of hydrogen-bond acceptors (Lipinski definition) is 4. The minimum Gasteiger partial charge on any atom is -0.391 e. The van der Waals surface area contributed by atoms with E-state index in [4.69, 9.17) is 17.3 Å². The van der Waals surface area contributed by atoms with E-state index in [1.54, 1.807) is 10.7 Å². The van der Waals surface area contributed by atoms with Gasteiger partial charge in [-0.1, -0.05) is 23.7 Å². The number of nitrogens with two attached hydrogens (primary N) is 1. The lowest BCUT2D eigenvalue weighted by atomic mass is 10.0. The molecule has 0 aliphatic heterocycles. The van der Waals surface area contributed by atoms with Gasteiger partial charge >= 0.3 is 0 Å². The van der Waals surface area contributed by atoms with E-state index in [9.17, 15) is 5.11 Å². The number of aromatic nitrogens is 3. The van der Waals surface area contributed by atoms with Crippen LogP contribution in [0.25, 0.3) is 16.9 Å². The minimum atomic E-state index is -0.112. The Hall–Kier alpha value is -1.95. The highest BCUT2D eigenvalue weighted by Crippen LogP contribution is 2.33. The second-order valence-corrected chi connectivity index (χ2v) is 5.68. The first kappa shape index (κ1) is 15.0. The van der Waals surface area contributed by atoms with E-state index >= 15 is 0 Å². The van der Waals surface area contributed by atoms with Crippen LogP contribution in [0.3, 0.4) is 0 Å². The summed E-state index contributed by atoms with van der Waals surface area (Å²) in [6.45, 7) is 4.12. The number of aliphatic hydroxyl groups is 1. The molecule has 3 aromatic rings. The van der Waals surface area contributed by atoms with E-state index in [0.29, 0.717) is 22.8 Å². The van der Waals surface area contributed by atoms with Gasteiger partial charge in [0.25, 0.3) is 0 Å². The standard InChI is InChI=1S/C16H17ClN4O/c1-9-3-4-12(14(17)5-9)15-13(6-18)10(2)20-16-11(8-22)7-19-21(15)16/h3-5,7,22H,6,8,18H2,1-2H3. The second kappa shape index (κ2) is 5.68. The number of fused-ring (bicyclic) bond motifs is 1. The maximum absolute atomic E-state index is 9.45. The number of hydrogen-bond donors (Lipinski definition) is 2. The lowest BCUT2D eigenvalue weighted by molar-refractivity contribution is 0.283. The second-order valence-electron chi connectivity index (χ2n) is 5.28. The Morgan fingerprint density at radius 2 is 2.09 bits per heavy atom. The lowest BCUT2D eigenvalue weighted by Crippen LogP contribution is -2.10. The number of rotatable bonds is 3. The van der Waals surface area contributed by atoms with Crippen LogP contribution in [0.4, 0.5) is 0 Å². The van der Waals surface area contributed by atoms with Gasteiger partial charge in [0, 0.05) is 28.9 Å². The molecular formula is C16H17ClN4O. The molecule has 3 rings (SSSR count). The fourth-order valence-electron chi connectivity index (χ4n) is 2.63. The van der Waals surface area contributed by atoms with Crippen LogP contribution >= 0.6 is 11.6 Å². The Balaban J connectivity index is 2.42. The Morgan fingerprint density at radius 3 is 2.73 bits per heavy atom. The first-order chi connectivity index (χ1) is 10.6. The molecule has 0 aliphatic carbocycles. The van der Waals surface area contributed by atoms with E-state index in [0.717, 1.165) is 28.1 Å². The van der Waals surface area contributed by atoms with Crippen LogP contribution in [0.5, 0.6) is 0 Å².